The Morgan fingerprint density at radius 2 is 1.75 bits per heavy atom. The predicted octanol–water partition coefficient (Wildman–Crippen LogP) is 3.08. The van der Waals surface area contributed by atoms with Gasteiger partial charge in [0, 0.05) is 25.4 Å². The summed E-state index contributed by atoms with van der Waals surface area (Å²) in [7, 11) is 0. The molecular formula is C22H30N4O2. The van der Waals surface area contributed by atoms with Gasteiger partial charge in [-0.3, -0.25) is 9.69 Å². The standard InChI is InChI=1S/C22H30N4O2/c27-22(26-13-5-2-6-14-26)19-11-15-25(16-12-19)17-21-23-20(24-28-21)10-9-18-7-3-1-4-8-18/h1,3-4,7-8,19H,2,5-6,9-17H2. The van der Waals surface area contributed by atoms with E-state index in [1.807, 2.05) is 6.07 Å². The highest BCUT2D eigenvalue weighted by Crippen LogP contribution is 2.22. The van der Waals surface area contributed by atoms with Crippen molar-refractivity contribution < 1.29 is 9.32 Å². The normalized spacial score (nSPS) is 19.1. The van der Waals surface area contributed by atoms with Crippen LogP contribution in [-0.4, -0.2) is 52.0 Å². The van der Waals surface area contributed by atoms with Crippen LogP contribution in [0.2, 0.25) is 0 Å². The summed E-state index contributed by atoms with van der Waals surface area (Å²) in [6.45, 7) is 4.43. The van der Waals surface area contributed by atoms with Crippen molar-refractivity contribution >= 4 is 5.91 Å². The Balaban J connectivity index is 1.21. The molecule has 2 aromatic rings. The first-order valence-corrected chi connectivity index (χ1v) is 10.6. The van der Waals surface area contributed by atoms with Gasteiger partial charge in [0.25, 0.3) is 0 Å². The number of piperidine rings is 2. The van der Waals surface area contributed by atoms with Crippen LogP contribution < -0.4 is 0 Å². The van der Waals surface area contributed by atoms with Gasteiger partial charge in [0.15, 0.2) is 5.82 Å². The third-order valence-corrected chi connectivity index (χ3v) is 5.95. The van der Waals surface area contributed by atoms with Crippen molar-refractivity contribution in [1.29, 1.82) is 0 Å². The molecular weight excluding hydrogens is 352 g/mol. The molecule has 6 nitrogen and oxygen atoms in total. The summed E-state index contributed by atoms with van der Waals surface area (Å²) in [5.74, 6) is 2.02. The molecule has 2 aliphatic heterocycles. The van der Waals surface area contributed by atoms with Crippen molar-refractivity contribution in [1.82, 2.24) is 19.9 Å². The molecule has 1 amide bonds. The van der Waals surface area contributed by atoms with Crippen LogP contribution in [0.4, 0.5) is 0 Å². The van der Waals surface area contributed by atoms with Crippen LogP contribution in [0.25, 0.3) is 0 Å². The smallest absolute Gasteiger partial charge is 0.240 e. The number of carbonyl (C=O) groups is 1. The molecule has 0 bridgehead atoms. The van der Waals surface area contributed by atoms with E-state index in [9.17, 15) is 4.79 Å². The Morgan fingerprint density at radius 3 is 2.50 bits per heavy atom. The highest BCUT2D eigenvalue weighted by molar-refractivity contribution is 5.79. The maximum Gasteiger partial charge on any atom is 0.240 e. The fourth-order valence-electron chi connectivity index (χ4n) is 4.26. The van der Waals surface area contributed by atoms with Crippen LogP contribution in [0.5, 0.6) is 0 Å². The second-order valence-corrected chi connectivity index (χ2v) is 8.03. The number of nitrogens with zero attached hydrogens (tertiary/aromatic N) is 4. The lowest BCUT2D eigenvalue weighted by atomic mass is 9.94. The zero-order valence-corrected chi connectivity index (χ0v) is 16.6. The minimum absolute atomic E-state index is 0.193. The topological polar surface area (TPSA) is 62.5 Å². The van der Waals surface area contributed by atoms with E-state index >= 15 is 0 Å². The minimum Gasteiger partial charge on any atom is -0.342 e. The number of benzene rings is 1. The molecule has 1 aromatic carbocycles. The highest BCUT2D eigenvalue weighted by Gasteiger charge is 2.29. The van der Waals surface area contributed by atoms with Gasteiger partial charge in [0.1, 0.15) is 0 Å². The minimum atomic E-state index is 0.193. The molecule has 0 spiro atoms. The van der Waals surface area contributed by atoms with Crippen LogP contribution in [0.15, 0.2) is 34.9 Å². The third-order valence-electron chi connectivity index (χ3n) is 5.95. The fourth-order valence-corrected chi connectivity index (χ4v) is 4.26. The van der Waals surface area contributed by atoms with Crippen LogP contribution in [-0.2, 0) is 24.2 Å². The van der Waals surface area contributed by atoms with Gasteiger partial charge in [-0.15, -0.1) is 0 Å². The summed E-state index contributed by atoms with van der Waals surface area (Å²) >= 11 is 0. The molecule has 150 valence electrons. The number of hydrogen-bond donors (Lipinski definition) is 0. The zero-order valence-electron chi connectivity index (χ0n) is 16.6. The Kier molecular flexibility index (Phi) is 6.37. The van der Waals surface area contributed by atoms with Crippen molar-refractivity contribution in [3.63, 3.8) is 0 Å². The molecule has 0 saturated carbocycles. The summed E-state index contributed by atoms with van der Waals surface area (Å²) in [6.07, 6.45) is 7.17. The summed E-state index contributed by atoms with van der Waals surface area (Å²) < 4.78 is 5.45. The second kappa shape index (κ2) is 9.32. The highest BCUT2D eigenvalue weighted by atomic mass is 16.5. The maximum atomic E-state index is 12.7. The van der Waals surface area contributed by atoms with Crippen molar-refractivity contribution in [3.05, 3.63) is 47.6 Å². The van der Waals surface area contributed by atoms with E-state index in [1.165, 1.54) is 12.0 Å². The molecule has 0 radical (unpaired) electrons. The van der Waals surface area contributed by atoms with Gasteiger partial charge in [-0.1, -0.05) is 35.5 Å². The van der Waals surface area contributed by atoms with Crippen LogP contribution in [0.1, 0.15) is 49.4 Å². The Labute approximate surface area is 166 Å². The molecule has 1 aromatic heterocycles. The van der Waals surface area contributed by atoms with E-state index in [-0.39, 0.29) is 5.92 Å². The van der Waals surface area contributed by atoms with Gasteiger partial charge in [-0.2, -0.15) is 4.98 Å². The first kappa shape index (κ1) is 19.1. The van der Waals surface area contributed by atoms with E-state index in [4.69, 9.17) is 4.52 Å². The molecule has 0 atom stereocenters. The monoisotopic (exact) mass is 382 g/mol. The van der Waals surface area contributed by atoms with Crippen molar-refractivity contribution in [2.45, 2.75) is 51.5 Å². The van der Waals surface area contributed by atoms with Gasteiger partial charge < -0.3 is 9.42 Å². The molecule has 0 aliphatic carbocycles. The first-order chi connectivity index (χ1) is 13.8. The largest absolute Gasteiger partial charge is 0.342 e. The quantitative estimate of drug-likeness (QED) is 0.768. The number of rotatable bonds is 6. The van der Waals surface area contributed by atoms with Gasteiger partial charge in [0.2, 0.25) is 11.8 Å². The van der Waals surface area contributed by atoms with Gasteiger partial charge >= 0.3 is 0 Å². The van der Waals surface area contributed by atoms with E-state index in [2.05, 4.69) is 44.2 Å². The SMILES string of the molecule is O=C(C1CCN(Cc2nc(CCc3ccccc3)no2)CC1)N1CCCCC1. The molecule has 2 aliphatic rings. The number of likely N-dealkylation sites (tertiary alicyclic amines) is 2. The zero-order chi connectivity index (χ0) is 19.2. The van der Waals surface area contributed by atoms with E-state index < -0.39 is 0 Å². The molecule has 0 N–H and O–H groups in total. The average Bonchev–Trinajstić information content (AvgIpc) is 3.21. The first-order valence-electron chi connectivity index (χ1n) is 10.6. The fraction of sp³-hybridized carbons (Fsp3) is 0.591. The van der Waals surface area contributed by atoms with Crippen molar-refractivity contribution in [2.75, 3.05) is 26.2 Å². The summed E-state index contributed by atoms with van der Waals surface area (Å²) in [5, 5.41) is 4.13. The third kappa shape index (κ3) is 4.98. The Hall–Kier alpha value is -2.21. The number of aromatic nitrogens is 2. The Bertz CT molecular complexity index is 747. The second-order valence-electron chi connectivity index (χ2n) is 8.03. The molecule has 4 rings (SSSR count). The summed E-state index contributed by atoms with van der Waals surface area (Å²) in [5.41, 5.74) is 1.29. The summed E-state index contributed by atoms with van der Waals surface area (Å²) in [4.78, 5) is 21.6. The lowest BCUT2D eigenvalue weighted by molar-refractivity contribution is -0.138. The Morgan fingerprint density at radius 1 is 1.00 bits per heavy atom. The molecule has 0 unspecified atom stereocenters. The lowest BCUT2D eigenvalue weighted by Gasteiger charge is -2.35. The number of amides is 1. The van der Waals surface area contributed by atoms with Crippen LogP contribution in [0, 0.1) is 5.92 Å². The van der Waals surface area contributed by atoms with Gasteiger partial charge in [-0.25, -0.2) is 0 Å². The molecule has 28 heavy (non-hydrogen) atoms. The molecule has 6 heteroatoms. The van der Waals surface area contributed by atoms with Gasteiger partial charge in [0.05, 0.1) is 6.54 Å². The van der Waals surface area contributed by atoms with E-state index in [0.29, 0.717) is 18.3 Å². The van der Waals surface area contributed by atoms with Crippen molar-refractivity contribution in [3.8, 4) is 0 Å². The number of hydrogen-bond acceptors (Lipinski definition) is 5. The lowest BCUT2D eigenvalue weighted by Crippen LogP contribution is -2.44. The molecule has 2 fully saturated rings. The van der Waals surface area contributed by atoms with Crippen LogP contribution in [0.3, 0.4) is 0 Å². The van der Waals surface area contributed by atoms with E-state index in [0.717, 1.165) is 70.5 Å². The van der Waals surface area contributed by atoms with Crippen molar-refractivity contribution in [2.24, 2.45) is 5.92 Å². The van der Waals surface area contributed by atoms with Crippen LogP contribution >= 0.6 is 0 Å². The maximum absolute atomic E-state index is 12.7. The number of aryl methyl sites for hydroxylation is 2. The predicted molar refractivity (Wildman–Crippen MR) is 107 cm³/mol. The average molecular weight is 383 g/mol. The number of carbonyl (C=O) groups excluding carboxylic acids is 1. The van der Waals surface area contributed by atoms with E-state index in [1.54, 1.807) is 0 Å². The molecule has 2 saturated heterocycles. The van der Waals surface area contributed by atoms with Gasteiger partial charge in [-0.05, 0) is 57.2 Å². The molecule has 3 heterocycles. The summed E-state index contributed by atoms with van der Waals surface area (Å²) in [6, 6.07) is 10.4.